The van der Waals surface area contributed by atoms with E-state index in [0.29, 0.717) is 6.61 Å². The number of rotatable bonds is 7. The minimum absolute atomic E-state index is 0.218. The first-order valence-electron chi connectivity index (χ1n) is 6.86. The number of ether oxygens (including phenoxy) is 1. The van der Waals surface area contributed by atoms with Crippen LogP contribution in [0.2, 0.25) is 0 Å². The fraction of sp³-hybridized carbons (Fsp3) is 0.467. The maximum atomic E-state index is 10.5. The second kappa shape index (κ2) is 10.7. The zero-order chi connectivity index (χ0) is 17.1. The molecule has 3 atom stereocenters. The summed E-state index contributed by atoms with van der Waals surface area (Å²) in [6.07, 6.45) is -0.497. The summed E-state index contributed by atoms with van der Waals surface area (Å²) in [5.74, 6) is -2.28. The van der Waals surface area contributed by atoms with Gasteiger partial charge >= 0.3 is 11.9 Å². The van der Waals surface area contributed by atoms with Crippen LogP contribution in [-0.2, 0) is 20.9 Å². The van der Waals surface area contributed by atoms with Crippen molar-refractivity contribution < 1.29 is 24.5 Å². The van der Waals surface area contributed by atoms with Crippen molar-refractivity contribution in [2.45, 2.75) is 32.6 Å². The van der Waals surface area contributed by atoms with E-state index in [1.807, 2.05) is 30.3 Å². The molecule has 7 heteroatoms. The SMILES string of the molecule is CC(CN)C(=O)O.C[C@@H](OCc1ccccc1)[C@H](N)C(=O)O. The van der Waals surface area contributed by atoms with Gasteiger partial charge in [-0.2, -0.15) is 0 Å². The first-order valence-corrected chi connectivity index (χ1v) is 6.86. The van der Waals surface area contributed by atoms with Crippen LogP contribution in [0, 0.1) is 5.92 Å². The molecule has 1 aromatic rings. The molecule has 22 heavy (non-hydrogen) atoms. The second-order valence-corrected chi connectivity index (χ2v) is 4.84. The third-order valence-electron chi connectivity index (χ3n) is 2.92. The fourth-order valence-electron chi connectivity index (χ4n) is 1.21. The normalized spacial score (nSPS) is 14.2. The first kappa shape index (κ1) is 20.0. The number of hydrogen-bond donors (Lipinski definition) is 4. The van der Waals surface area contributed by atoms with Gasteiger partial charge in [0.05, 0.1) is 18.6 Å². The highest BCUT2D eigenvalue weighted by Crippen LogP contribution is 2.05. The van der Waals surface area contributed by atoms with Gasteiger partial charge in [0.2, 0.25) is 0 Å². The Labute approximate surface area is 129 Å². The zero-order valence-corrected chi connectivity index (χ0v) is 12.8. The van der Waals surface area contributed by atoms with E-state index in [1.165, 1.54) is 0 Å². The molecule has 0 saturated heterocycles. The molecule has 1 aromatic carbocycles. The molecule has 0 aliphatic heterocycles. The molecule has 0 bridgehead atoms. The van der Waals surface area contributed by atoms with E-state index < -0.39 is 30.0 Å². The molecular formula is C15H24N2O5. The Morgan fingerprint density at radius 1 is 1.14 bits per heavy atom. The van der Waals surface area contributed by atoms with E-state index in [-0.39, 0.29) is 6.54 Å². The van der Waals surface area contributed by atoms with E-state index in [2.05, 4.69) is 0 Å². The Morgan fingerprint density at radius 3 is 2.05 bits per heavy atom. The van der Waals surface area contributed by atoms with Crippen LogP contribution in [0.1, 0.15) is 19.4 Å². The number of carboxylic acids is 2. The van der Waals surface area contributed by atoms with Gasteiger partial charge in [-0.25, -0.2) is 0 Å². The Morgan fingerprint density at radius 2 is 1.68 bits per heavy atom. The number of carbonyl (C=O) groups is 2. The molecule has 124 valence electrons. The lowest BCUT2D eigenvalue weighted by Crippen LogP contribution is -2.41. The van der Waals surface area contributed by atoms with Crippen molar-refractivity contribution in [2.75, 3.05) is 6.54 Å². The molecule has 1 unspecified atom stereocenters. The average Bonchev–Trinajstić information content (AvgIpc) is 2.52. The van der Waals surface area contributed by atoms with Crippen LogP contribution in [0.3, 0.4) is 0 Å². The van der Waals surface area contributed by atoms with E-state index in [0.717, 1.165) is 5.56 Å². The Bertz CT molecular complexity index is 453. The average molecular weight is 312 g/mol. The number of nitrogens with two attached hydrogens (primary N) is 2. The largest absolute Gasteiger partial charge is 0.481 e. The molecule has 7 nitrogen and oxygen atoms in total. The Balaban J connectivity index is 0.000000534. The fourth-order valence-corrected chi connectivity index (χ4v) is 1.21. The van der Waals surface area contributed by atoms with Crippen molar-refractivity contribution in [3.63, 3.8) is 0 Å². The lowest BCUT2D eigenvalue weighted by Gasteiger charge is -2.16. The molecule has 0 amide bonds. The van der Waals surface area contributed by atoms with E-state index >= 15 is 0 Å². The predicted octanol–water partition coefficient (Wildman–Crippen LogP) is 0.669. The van der Waals surface area contributed by atoms with Gasteiger partial charge in [0.1, 0.15) is 6.04 Å². The maximum absolute atomic E-state index is 10.5. The summed E-state index contributed by atoms with van der Waals surface area (Å²) in [5.41, 5.74) is 11.4. The molecule has 0 fully saturated rings. The summed E-state index contributed by atoms with van der Waals surface area (Å²) < 4.78 is 5.35. The predicted molar refractivity (Wildman–Crippen MR) is 82.2 cm³/mol. The molecule has 0 aliphatic rings. The number of hydrogen-bond acceptors (Lipinski definition) is 5. The lowest BCUT2D eigenvalue weighted by atomic mass is 10.2. The number of aliphatic carboxylic acids is 2. The van der Waals surface area contributed by atoms with Crippen LogP contribution in [0.5, 0.6) is 0 Å². The van der Waals surface area contributed by atoms with E-state index in [1.54, 1.807) is 13.8 Å². The standard InChI is InChI=1S/C11H15NO3.C4H9NO2/c1-8(10(12)11(13)14)15-7-9-5-3-2-4-6-9;1-3(2-5)4(6)7/h2-6,8,10H,7,12H2,1H3,(H,13,14);3H,2,5H2,1H3,(H,6,7)/t8-,10+;/m1./s1. The van der Waals surface area contributed by atoms with Gasteiger partial charge < -0.3 is 26.4 Å². The highest BCUT2D eigenvalue weighted by Gasteiger charge is 2.20. The smallest absolute Gasteiger partial charge is 0.323 e. The van der Waals surface area contributed by atoms with Gasteiger partial charge in [-0.05, 0) is 12.5 Å². The van der Waals surface area contributed by atoms with Crippen LogP contribution >= 0.6 is 0 Å². The van der Waals surface area contributed by atoms with Crippen LogP contribution < -0.4 is 11.5 Å². The third kappa shape index (κ3) is 8.35. The molecule has 0 spiro atoms. The zero-order valence-electron chi connectivity index (χ0n) is 12.8. The summed E-state index contributed by atoms with van der Waals surface area (Å²) in [6, 6.07) is 8.57. The van der Waals surface area contributed by atoms with Crippen LogP contribution in [-0.4, -0.2) is 40.8 Å². The molecule has 0 radical (unpaired) electrons. The second-order valence-electron chi connectivity index (χ2n) is 4.84. The molecule has 6 N–H and O–H groups in total. The molecule has 1 rings (SSSR count). The Hall–Kier alpha value is -1.96. The maximum Gasteiger partial charge on any atom is 0.323 e. The molecule has 0 heterocycles. The third-order valence-corrected chi connectivity index (χ3v) is 2.92. The van der Waals surface area contributed by atoms with E-state index in [4.69, 9.17) is 26.4 Å². The summed E-state index contributed by atoms with van der Waals surface area (Å²) in [7, 11) is 0. The number of benzene rings is 1. The minimum atomic E-state index is -1.05. The quantitative estimate of drug-likeness (QED) is 0.581. The summed E-state index contributed by atoms with van der Waals surface area (Å²) in [4.78, 5) is 20.4. The van der Waals surface area contributed by atoms with Crippen LogP contribution in [0.25, 0.3) is 0 Å². The molecule has 0 aliphatic carbocycles. The highest BCUT2D eigenvalue weighted by atomic mass is 16.5. The van der Waals surface area contributed by atoms with E-state index in [9.17, 15) is 9.59 Å². The van der Waals surface area contributed by atoms with Crippen molar-refractivity contribution in [3.05, 3.63) is 35.9 Å². The summed E-state index contributed by atoms with van der Waals surface area (Å²) in [5, 5.41) is 16.7. The molecule has 0 saturated carbocycles. The topological polar surface area (TPSA) is 136 Å². The van der Waals surface area contributed by atoms with Gasteiger partial charge in [0, 0.05) is 6.54 Å². The minimum Gasteiger partial charge on any atom is -0.481 e. The Kier molecular flexibility index (Phi) is 9.77. The monoisotopic (exact) mass is 312 g/mol. The number of carboxylic acid groups (broad SMARTS) is 2. The van der Waals surface area contributed by atoms with Gasteiger partial charge in [-0.1, -0.05) is 37.3 Å². The molecular weight excluding hydrogens is 288 g/mol. The van der Waals surface area contributed by atoms with Crippen molar-refractivity contribution >= 4 is 11.9 Å². The highest BCUT2D eigenvalue weighted by molar-refractivity contribution is 5.73. The van der Waals surface area contributed by atoms with Crippen LogP contribution in [0.4, 0.5) is 0 Å². The summed E-state index contributed by atoms with van der Waals surface area (Å²) >= 11 is 0. The first-order chi connectivity index (χ1) is 10.3. The molecule has 0 aromatic heterocycles. The van der Waals surface area contributed by atoms with Gasteiger partial charge in [-0.15, -0.1) is 0 Å². The van der Waals surface area contributed by atoms with Crippen LogP contribution in [0.15, 0.2) is 30.3 Å². The van der Waals surface area contributed by atoms with Gasteiger partial charge in [-0.3, -0.25) is 9.59 Å². The van der Waals surface area contributed by atoms with Crippen molar-refractivity contribution in [1.82, 2.24) is 0 Å². The van der Waals surface area contributed by atoms with Crippen molar-refractivity contribution in [1.29, 1.82) is 0 Å². The summed E-state index contributed by atoms with van der Waals surface area (Å²) in [6.45, 7) is 3.82. The van der Waals surface area contributed by atoms with Crippen molar-refractivity contribution in [2.24, 2.45) is 17.4 Å². The lowest BCUT2D eigenvalue weighted by molar-refractivity contribution is -0.142. The van der Waals surface area contributed by atoms with Gasteiger partial charge in [0.25, 0.3) is 0 Å². The van der Waals surface area contributed by atoms with Gasteiger partial charge in [0.15, 0.2) is 0 Å². The van der Waals surface area contributed by atoms with Crippen molar-refractivity contribution in [3.8, 4) is 0 Å².